The molecule has 2 rings (SSSR count). The molecule has 0 aromatic heterocycles. The van der Waals surface area contributed by atoms with Crippen molar-refractivity contribution in [3.8, 4) is 0 Å². The molecule has 10 heteroatoms. The number of nitrogens with one attached hydrogen (secondary N) is 2. The zero-order valence-corrected chi connectivity index (χ0v) is 17.6. The molecule has 0 radical (unpaired) electrons. The number of halogens is 4. The van der Waals surface area contributed by atoms with Gasteiger partial charge >= 0.3 is 12.1 Å². The Morgan fingerprint density at radius 3 is 2.29 bits per heavy atom. The highest BCUT2D eigenvalue weighted by atomic mass is 35.6. The summed E-state index contributed by atoms with van der Waals surface area (Å²) in [5.41, 5.74) is 1.48. The van der Waals surface area contributed by atoms with E-state index >= 15 is 0 Å². The van der Waals surface area contributed by atoms with Crippen molar-refractivity contribution in [3.05, 3.63) is 64.7 Å². The molecule has 1 amide bonds. The van der Waals surface area contributed by atoms with Crippen LogP contribution in [0.3, 0.4) is 0 Å². The number of alkyl halides is 3. The van der Waals surface area contributed by atoms with Crippen molar-refractivity contribution in [2.45, 2.75) is 16.6 Å². The second kappa shape index (κ2) is 10.1. The van der Waals surface area contributed by atoms with E-state index in [0.717, 1.165) is 0 Å². The van der Waals surface area contributed by atoms with Crippen molar-refractivity contribution in [1.82, 2.24) is 5.32 Å². The Bertz CT molecular complexity index is 825. The fourth-order valence-corrected chi connectivity index (χ4v) is 2.62. The van der Waals surface area contributed by atoms with Crippen molar-refractivity contribution >= 4 is 64.2 Å². The van der Waals surface area contributed by atoms with Gasteiger partial charge in [-0.15, -0.1) is 0 Å². The first-order valence-corrected chi connectivity index (χ1v) is 9.40. The Balaban J connectivity index is 2.00. The number of hydrogen-bond acceptors (Lipinski definition) is 5. The van der Waals surface area contributed by atoms with Crippen LogP contribution in [-0.2, 0) is 16.1 Å². The van der Waals surface area contributed by atoms with Gasteiger partial charge in [-0.05, 0) is 30.3 Å². The molecule has 0 aliphatic heterocycles. The van der Waals surface area contributed by atoms with Gasteiger partial charge in [0.1, 0.15) is 12.8 Å². The van der Waals surface area contributed by atoms with Crippen molar-refractivity contribution in [3.63, 3.8) is 0 Å². The second-order valence-corrected chi connectivity index (χ2v) is 8.28. The Labute approximate surface area is 182 Å². The Morgan fingerprint density at radius 1 is 1.07 bits per heavy atom. The molecule has 0 aliphatic rings. The highest BCUT2D eigenvalue weighted by Crippen LogP contribution is 2.31. The highest BCUT2D eigenvalue weighted by molar-refractivity contribution is 6.68. The zero-order chi connectivity index (χ0) is 20.7. The summed E-state index contributed by atoms with van der Waals surface area (Å²) in [6.45, 7) is -0.0497. The molecule has 28 heavy (non-hydrogen) atoms. The number of benzene rings is 2. The summed E-state index contributed by atoms with van der Waals surface area (Å²) in [5.74, 6) is -0.481. The van der Waals surface area contributed by atoms with Crippen LogP contribution in [0.1, 0.15) is 15.9 Å². The second-order valence-electron chi connectivity index (χ2n) is 5.50. The van der Waals surface area contributed by atoms with Crippen LogP contribution >= 0.6 is 46.4 Å². The number of ether oxygens (including phenoxy) is 2. The maximum absolute atomic E-state index is 12.1. The van der Waals surface area contributed by atoms with Crippen LogP contribution in [0.25, 0.3) is 0 Å². The lowest BCUT2D eigenvalue weighted by Crippen LogP contribution is -2.49. The molecule has 6 nitrogen and oxygen atoms in total. The first-order valence-electron chi connectivity index (χ1n) is 7.89. The van der Waals surface area contributed by atoms with E-state index in [1.807, 2.05) is 0 Å². The number of carbonyl (C=O) groups is 2. The van der Waals surface area contributed by atoms with E-state index in [1.165, 1.54) is 19.2 Å². The first kappa shape index (κ1) is 22.4. The van der Waals surface area contributed by atoms with Crippen molar-refractivity contribution in [2.24, 2.45) is 0 Å². The number of amides is 1. The summed E-state index contributed by atoms with van der Waals surface area (Å²) >= 11 is 23.8. The summed E-state index contributed by atoms with van der Waals surface area (Å²) in [7, 11) is 1.28. The van der Waals surface area contributed by atoms with E-state index in [4.69, 9.17) is 51.1 Å². The lowest BCUT2D eigenvalue weighted by atomic mass is 10.2. The molecule has 0 unspecified atom stereocenters. The molecule has 2 N–H and O–H groups in total. The maximum Gasteiger partial charge on any atom is 0.409 e. The molecule has 0 aliphatic carbocycles. The lowest BCUT2D eigenvalue weighted by molar-refractivity contribution is 0.0600. The van der Waals surface area contributed by atoms with Crippen LogP contribution in [0.4, 0.5) is 10.5 Å². The normalized spacial score (nSPS) is 12.0. The zero-order valence-electron chi connectivity index (χ0n) is 14.5. The van der Waals surface area contributed by atoms with Gasteiger partial charge in [-0.1, -0.05) is 64.6 Å². The fraction of sp³-hybridized carbons (Fsp3) is 0.222. The number of methoxy groups -OCH3 is 1. The first-order chi connectivity index (χ1) is 13.2. The number of alkyl carbamates (subject to hydrolysis) is 1. The van der Waals surface area contributed by atoms with E-state index in [9.17, 15) is 9.59 Å². The van der Waals surface area contributed by atoms with Gasteiger partial charge in [-0.3, -0.25) is 5.32 Å². The molecule has 0 bridgehead atoms. The van der Waals surface area contributed by atoms with Crippen LogP contribution in [-0.4, -0.2) is 29.1 Å². The van der Waals surface area contributed by atoms with Crippen LogP contribution in [0.2, 0.25) is 5.02 Å². The van der Waals surface area contributed by atoms with Gasteiger partial charge in [0.05, 0.1) is 12.7 Å². The topological polar surface area (TPSA) is 76.7 Å². The smallest absolute Gasteiger partial charge is 0.409 e. The molecule has 0 saturated heterocycles. The fourth-order valence-electron chi connectivity index (χ4n) is 2.11. The molecule has 0 fully saturated rings. The largest absolute Gasteiger partial charge is 0.465 e. The molecule has 1 atom stereocenters. The van der Waals surface area contributed by atoms with Gasteiger partial charge in [-0.2, -0.15) is 0 Å². The van der Waals surface area contributed by atoms with Gasteiger partial charge < -0.3 is 14.8 Å². The minimum absolute atomic E-state index is 0.0497. The van der Waals surface area contributed by atoms with E-state index in [-0.39, 0.29) is 6.61 Å². The average molecular weight is 466 g/mol. The average Bonchev–Trinajstić information content (AvgIpc) is 2.66. The summed E-state index contributed by atoms with van der Waals surface area (Å²) in [4.78, 5) is 23.6. The number of anilines is 1. The molecular formula is C18H16Cl4N2O4. The summed E-state index contributed by atoms with van der Waals surface area (Å²) < 4.78 is 7.87. The van der Waals surface area contributed by atoms with Gasteiger partial charge in [0.25, 0.3) is 0 Å². The standard InChI is InChI=1S/C18H16Cl4N2O4/c1-27-15(25)11-6-8-13(9-7-11)23-16(18(20,21)22)24-17(26)28-10-12-4-2-3-5-14(12)19/h2-9,16,23H,10H2,1H3,(H,24,26)/t16-/m0/s1. The molecule has 2 aromatic carbocycles. The number of carbonyl (C=O) groups excluding carboxylic acids is 2. The van der Waals surface area contributed by atoms with Gasteiger partial charge in [0.2, 0.25) is 3.79 Å². The lowest BCUT2D eigenvalue weighted by Gasteiger charge is -2.27. The van der Waals surface area contributed by atoms with Gasteiger partial charge in [-0.25, -0.2) is 9.59 Å². The summed E-state index contributed by atoms with van der Waals surface area (Å²) in [5, 5.41) is 5.77. The van der Waals surface area contributed by atoms with Crippen LogP contribution in [0, 0.1) is 0 Å². The Morgan fingerprint density at radius 2 is 1.71 bits per heavy atom. The molecule has 0 saturated carbocycles. The third-order valence-electron chi connectivity index (χ3n) is 3.52. The van der Waals surface area contributed by atoms with Gasteiger partial charge in [0.15, 0.2) is 0 Å². The van der Waals surface area contributed by atoms with Crippen LogP contribution < -0.4 is 10.6 Å². The maximum atomic E-state index is 12.1. The SMILES string of the molecule is COC(=O)c1ccc(N[C@@H](NC(=O)OCc2ccccc2Cl)C(Cl)(Cl)Cl)cc1. The number of hydrogen-bond donors (Lipinski definition) is 2. The highest BCUT2D eigenvalue weighted by Gasteiger charge is 2.34. The van der Waals surface area contributed by atoms with E-state index in [0.29, 0.717) is 21.8 Å². The quantitative estimate of drug-likeness (QED) is 0.350. The molecule has 0 heterocycles. The van der Waals surface area contributed by atoms with Crippen molar-refractivity contribution < 1.29 is 19.1 Å². The van der Waals surface area contributed by atoms with Crippen molar-refractivity contribution in [2.75, 3.05) is 12.4 Å². The summed E-state index contributed by atoms with van der Waals surface area (Å²) in [6.07, 6.45) is -1.92. The molecule has 150 valence electrons. The van der Waals surface area contributed by atoms with Crippen LogP contribution in [0.5, 0.6) is 0 Å². The molecular weight excluding hydrogens is 450 g/mol. The van der Waals surface area contributed by atoms with Crippen molar-refractivity contribution in [1.29, 1.82) is 0 Å². The third kappa shape index (κ3) is 6.63. The monoisotopic (exact) mass is 464 g/mol. The molecule has 2 aromatic rings. The van der Waals surface area contributed by atoms with E-state index in [2.05, 4.69) is 15.4 Å². The van der Waals surface area contributed by atoms with E-state index in [1.54, 1.807) is 36.4 Å². The van der Waals surface area contributed by atoms with Gasteiger partial charge in [0, 0.05) is 16.3 Å². The predicted octanol–water partition coefficient (Wildman–Crippen LogP) is 5.16. The number of esters is 1. The minimum atomic E-state index is -1.88. The molecule has 0 spiro atoms. The number of rotatable bonds is 6. The Kier molecular flexibility index (Phi) is 8.07. The minimum Gasteiger partial charge on any atom is -0.465 e. The summed E-state index contributed by atoms with van der Waals surface area (Å²) in [6, 6.07) is 13.1. The van der Waals surface area contributed by atoms with E-state index < -0.39 is 22.0 Å². The Hall–Kier alpha value is -1.86. The third-order valence-corrected chi connectivity index (χ3v) is 4.55. The van der Waals surface area contributed by atoms with Crippen LogP contribution in [0.15, 0.2) is 48.5 Å². The predicted molar refractivity (Wildman–Crippen MR) is 110 cm³/mol.